The zero-order valence-electron chi connectivity index (χ0n) is 12.0. The number of hydrogen-bond acceptors (Lipinski definition) is 3. The van der Waals surface area contributed by atoms with Gasteiger partial charge in [-0.3, -0.25) is 4.90 Å². The first-order chi connectivity index (χ1) is 10.6. The number of rotatable bonds is 2. The van der Waals surface area contributed by atoms with Gasteiger partial charge in [-0.1, -0.05) is 35.3 Å². The van der Waals surface area contributed by atoms with E-state index >= 15 is 0 Å². The van der Waals surface area contributed by atoms with Crippen molar-refractivity contribution in [2.75, 3.05) is 26.2 Å². The van der Waals surface area contributed by atoms with E-state index < -0.39 is 0 Å². The minimum Gasteiger partial charge on any atom is -0.320 e. The standard InChI is InChI=1S/C15H16Cl2N4O/c16-13-3-1-12(2-4-13)10-19-5-7-20(8-6-19)15(22)21-11-14(17)9-18-21/h1-4,9,11H,5-8,10H2. The molecule has 1 aliphatic rings. The average molecular weight is 339 g/mol. The number of hydrogen-bond donors (Lipinski definition) is 0. The molecule has 1 saturated heterocycles. The summed E-state index contributed by atoms with van der Waals surface area (Å²) in [5.41, 5.74) is 1.23. The minimum atomic E-state index is -0.127. The Balaban J connectivity index is 1.54. The molecular weight excluding hydrogens is 323 g/mol. The van der Waals surface area contributed by atoms with Gasteiger partial charge in [-0.05, 0) is 17.7 Å². The Morgan fingerprint density at radius 3 is 2.32 bits per heavy atom. The summed E-state index contributed by atoms with van der Waals surface area (Å²) in [6.45, 7) is 3.91. The Bertz CT molecular complexity index is 648. The maximum Gasteiger partial charge on any atom is 0.344 e. The Kier molecular flexibility index (Phi) is 4.66. The van der Waals surface area contributed by atoms with Gasteiger partial charge in [-0.2, -0.15) is 9.78 Å². The maximum atomic E-state index is 12.3. The second-order valence-electron chi connectivity index (χ2n) is 5.28. The van der Waals surface area contributed by atoms with Gasteiger partial charge < -0.3 is 4.90 Å². The maximum absolute atomic E-state index is 12.3. The highest BCUT2D eigenvalue weighted by Crippen LogP contribution is 2.13. The van der Waals surface area contributed by atoms with E-state index in [0.29, 0.717) is 18.1 Å². The van der Waals surface area contributed by atoms with Crippen LogP contribution in [0.4, 0.5) is 4.79 Å². The van der Waals surface area contributed by atoms with Crippen molar-refractivity contribution in [1.82, 2.24) is 19.6 Å². The summed E-state index contributed by atoms with van der Waals surface area (Å²) in [7, 11) is 0. The molecule has 0 bridgehead atoms. The molecule has 1 amide bonds. The van der Waals surface area contributed by atoms with E-state index in [2.05, 4.69) is 10.00 Å². The minimum absolute atomic E-state index is 0.127. The summed E-state index contributed by atoms with van der Waals surface area (Å²) in [4.78, 5) is 16.4. The van der Waals surface area contributed by atoms with Gasteiger partial charge in [0.15, 0.2) is 0 Å². The van der Waals surface area contributed by atoms with Gasteiger partial charge in [0.25, 0.3) is 0 Å². The van der Waals surface area contributed by atoms with Crippen molar-refractivity contribution < 1.29 is 4.79 Å². The van der Waals surface area contributed by atoms with Crippen molar-refractivity contribution in [3.8, 4) is 0 Å². The molecule has 5 nitrogen and oxygen atoms in total. The van der Waals surface area contributed by atoms with Gasteiger partial charge in [0.05, 0.1) is 17.4 Å². The molecule has 1 aromatic heterocycles. The lowest BCUT2D eigenvalue weighted by Gasteiger charge is -2.34. The van der Waals surface area contributed by atoms with Crippen molar-refractivity contribution in [3.63, 3.8) is 0 Å². The summed E-state index contributed by atoms with van der Waals surface area (Å²) < 4.78 is 1.29. The highest BCUT2D eigenvalue weighted by molar-refractivity contribution is 6.30. The summed E-state index contributed by atoms with van der Waals surface area (Å²) in [5, 5.41) is 5.17. The number of carbonyl (C=O) groups is 1. The second-order valence-corrected chi connectivity index (χ2v) is 6.15. The van der Waals surface area contributed by atoms with Crippen molar-refractivity contribution >= 4 is 29.2 Å². The Labute approximate surface area is 139 Å². The molecule has 22 heavy (non-hydrogen) atoms. The van der Waals surface area contributed by atoms with E-state index in [1.165, 1.54) is 22.6 Å². The summed E-state index contributed by atoms with van der Waals surface area (Å²) in [6, 6.07) is 7.74. The number of amides is 1. The van der Waals surface area contributed by atoms with Crippen molar-refractivity contribution in [2.45, 2.75) is 6.54 Å². The summed E-state index contributed by atoms with van der Waals surface area (Å²) in [5.74, 6) is 0. The predicted molar refractivity (Wildman–Crippen MR) is 86.3 cm³/mol. The molecule has 2 heterocycles. The van der Waals surface area contributed by atoms with Gasteiger partial charge in [-0.25, -0.2) is 4.79 Å². The highest BCUT2D eigenvalue weighted by Gasteiger charge is 2.22. The lowest BCUT2D eigenvalue weighted by Crippen LogP contribution is -2.49. The molecule has 1 aliphatic heterocycles. The Hall–Kier alpha value is -1.56. The quantitative estimate of drug-likeness (QED) is 0.845. The summed E-state index contributed by atoms with van der Waals surface area (Å²) >= 11 is 11.7. The van der Waals surface area contributed by atoms with Crippen molar-refractivity contribution in [1.29, 1.82) is 0 Å². The molecule has 3 rings (SSSR count). The van der Waals surface area contributed by atoms with Crippen LogP contribution in [0.3, 0.4) is 0 Å². The molecule has 0 radical (unpaired) electrons. The van der Waals surface area contributed by atoms with Crippen LogP contribution in [-0.4, -0.2) is 51.8 Å². The molecule has 0 N–H and O–H groups in total. The summed E-state index contributed by atoms with van der Waals surface area (Å²) in [6.07, 6.45) is 3.00. The number of benzene rings is 1. The SMILES string of the molecule is O=C(N1CCN(Cc2ccc(Cl)cc2)CC1)n1cc(Cl)cn1. The molecule has 0 spiro atoms. The molecule has 116 valence electrons. The van der Waals surface area contributed by atoms with Gasteiger partial charge in [-0.15, -0.1) is 0 Å². The fourth-order valence-corrected chi connectivity index (χ4v) is 2.76. The third kappa shape index (κ3) is 3.61. The molecular formula is C15H16Cl2N4O. The van der Waals surface area contributed by atoms with Crippen LogP contribution in [0.2, 0.25) is 10.0 Å². The lowest BCUT2D eigenvalue weighted by atomic mass is 10.2. The molecule has 2 aromatic rings. The number of carbonyl (C=O) groups excluding carboxylic acids is 1. The van der Waals surface area contributed by atoms with Gasteiger partial charge >= 0.3 is 6.03 Å². The van der Waals surface area contributed by atoms with Crippen LogP contribution in [0.25, 0.3) is 0 Å². The van der Waals surface area contributed by atoms with Crippen LogP contribution < -0.4 is 0 Å². The number of piperazine rings is 1. The molecule has 0 atom stereocenters. The number of aromatic nitrogens is 2. The predicted octanol–water partition coefficient (Wildman–Crippen LogP) is 2.98. The smallest absolute Gasteiger partial charge is 0.320 e. The second kappa shape index (κ2) is 6.69. The van der Waals surface area contributed by atoms with Crippen LogP contribution in [0, 0.1) is 0 Å². The van der Waals surface area contributed by atoms with Gasteiger partial charge in [0, 0.05) is 37.7 Å². The third-order valence-corrected chi connectivity index (χ3v) is 4.16. The monoisotopic (exact) mass is 338 g/mol. The fraction of sp³-hybridized carbons (Fsp3) is 0.333. The van der Waals surface area contributed by atoms with Crippen molar-refractivity contribution in [2.24, 2.45) is 0 Å². The highest BCUT2D eigenvalue weighted by atomic mass is 35.5. The van der Waals surface area contributed by atoms with E-state index in [-0.39, 0.29) is 6.03 Å². The van der Waals surface area contributed by atoms with E-state index in [4.69, 9.17) is 23.2 Å². The first-order valence-electron chi connectivity index (χ1n) is 7.08. The van der Waals surface area contributed by atoms with Gasteiger partial charge in [0.1, 0.15) is 0 Å². The van der Waals surface area contributed by atoms with Crippen LogP contribution >= 0.6 is 23.2 Å². The molecule has 1 fully saturated rings. The Morgan fingerprint density at radius 2 is 1.73 bits per heavy atom. The normalized spacial score (nSPS) is 16.0. The molecule has 0 saturated carbocycles. The molecule has 0 unspecified atom stereocenters. The van der Waals surface area contributed by atoms with E-state index in [1.54, 1.807) is 4.90 Å². The first kappa shape index (κ1) is 15.3. The Morgan fingerprint density at radius 1 is 1.05 bits per heavy atom. The number of halogens is 2. The van der Waals surface area contributed by atoms with Crippen LogP contribution in [-0.2, 0) is 6.54 Å². The van der Waals surface area contributed by atoms with Crippen LogP contribution in [0.1, 0.15) is 5.56 Å². The average Bonchev–Trinajstić information content (AvgIpc) is 2.96. The largest absolute Gasteiger partial charge is 0.344 e. The zero-order valence-corrected chi connectivity index (χ0v) is 13.5. The lowest BCUT2D eigenvalue weighted by molar-refractivity contribution is 0.134. The van der Waals surface area contributed by atoms with Gasteiger partial charge in [0.2, 0.25) is 0 Å². The molecule has 0 aliphatic carbocycles. The van der Waals surface area contributed by atoms with E-state index in [1.807, 2.05) is 24.3 Å². The van der Waals surface area contributed by atoms with E-state index in [0.717, 1.165) is 24.7 Å². The van der Waals surface area contributed by atoms with Crippen molar-refractivity contribution in [3.05, 3.63) is 52.3 Å². The fourth-order valence-electron chi connectivity index (χ4n) is 2.50. The third-order valence-electron chi connectivity index (χ3n) is 3.71. The van der Waals surface area contributed by atoms with Crippen LogP contribution in [0.5, 0.6) is 0 Å². The molecule has 1 aromatic carbocycles. The van der Waals surface area contributed by atoms with E-state index in [9.17, 15) is 4.79 Å². The number of nitrogens with zero attached hydrogens (tertiary/aromatic N) is 4. The first-order valence-corrected chi connectivity index (χ1v) is 7.84. The zero-order chi connectivity index (χ0) is 15.5. The molecule has 7 heteroatoms. The topological polar surface area (TPSA) is 41.4 Å². The van der Waals surface area contributed by atoms with Crippen LogP contribution in [0.15, 0.2) is 36.7 Å².